The molecule has 2 N–H and O–H groups in total. The molecule has 0 fully saturated rings. The molecule has 2 nitrogen and oxygen atoms in total. The second-order valence-corrected chi connectivity index (χ2v) is 1.68. The monoisotopic (exact) mass is 130 g/mol. The second-order valence-electron chi connectivity index (χ2n) is 1.41. The van der Waals surface area contributed by atoms with Gasteiger partial charge in [0, 0.05) is 12.4 Å². The van der Waals surface area contributed by atoms with Crippen molar-refractivity contribution in [2.45, 2.75) is 0 Å². The van der Waals surface area contributed by atoms with Gasteiger partial charge in [0.1, 0.15) is 0 Å². The van der Waals surface area contributed by atoms with E-state index in [1.165, 1.54) is 0 Å². The summed E-state index contributed by atoms with van der Waals surface area (Å²) >= 11 is 5.37. The van der Waals surface area contributed by atoms with Crippen molar-refractivity contribution >= 4 is 17.3 Å². The lowest BCUT2D eigenvalue weighted by Gasteiger charge is -1.92. The van der Waals surface area contributed by atoms with E-state index >= 15 is 0 Å². The molecule has 0 unspecified atom stereocenters. The summed E-state index contributed by atoms with van der Waals surface area (Å²) in [6.07, 6.45) is 3.69. The molecule has 0 bridgehead atoms. The minimum Gasteiger partial charge on any atom is -0.370 e. The van der Waals surface area contributed by atoms with Crippen molar-refractivity contribution in [1.82, 2.24) is 4.98 Å². The molecule has 0 aromatic carbocycles. The maximum absolute atomic E-state index is 5.37. The van der Waals surface area contributed by atoms with Gasteiger partial charge in [0.2, 0.25) is 0 Å². The van der Waals surface area contributed by atoms with Gasteiger partial charge in [0.05, 0.1) is 11.7 Å². The quantitative estimate of drug-likeness (QED) is 0.462. The Hall–Kier alpha value is -0.630. The predicted molar refractivity (Wildman–Crippen MR) is 35.1 cm³/mol. The van der Waals surface area contributed by atoms with Crippen LogP contribution >= 0.6 is 11.6 Å². The van der Waals surface area contributed by atoms with Gasteiger partial charge in [0.25, 0.3) is 0 Å². The van der Waals surface area contributed by atoms with Crippen LogP contribution in [0.3, 0.4) is 0 Å². The van der Waals surface area contributed by atoms with Gasteiger partial charge in [0.15, 0.2) is 0 Å². The van der Waals surface area contributed by atoms with Crippen LogP contribution in [0, 0.1) is 0 Å². The molecule has 1 aromatic rings. The fraction of sp³-hybridized carbons (Fsp3) is 0.200. The Balaban J connectivity index is 2.50. The highest BCUT2D eigenvalue weighted by atomic mass is 35.5. The summed E-state index contributed by atoms with van der Waals surface area (Å²) in [6.45, 7) is 0. The summed E-state index contributed by atoms with van der Waals surface area (Å²) in [4.78, 5) is 2.89. The third-order valence-electron chi connectivity index (χ3n) is 0.869. The van der Waals surface area contributed by atoms with Crippen molar-refractivity contribution in [3.8, 4) is 0 Å². The summed E-state index contributed by atoms with van der Waals surface area (Å²) in [5.41, 5.74) is 1.03. The number of hydrogen-bond donors (Lipinski definition) is 2. The fourth-order valence-electron chi connectivity index (χ4n) is 0.511. The lowest BCUT2D eigenvalue weighted by atomic mass is 10.5. The molecular formula is C5H7ClN2. The molecule has 0 amide bonds. The number of H-pyrrole nitrogens is 1. The van der Waals surface area contributed by atoms with Gasteiger partial charge < -0.3 is 10.3 Å². The first-order valence-electron chi connectivity index (χ1n) is 2.36. The summed E-state index contributed by atoms with van der Waals surface area (Å²) in [5.74, 6) is 0. The van der Waals surface area contributed by atoms with Crippen molar-refractivity contribution in [3.63, 3.8) is 0 Å². The molecule has 0 aliphatic carbocycles. The smallest absolute Gasteiger partial charge is 0.0902 e. The Bertz CT molecular complexity index is 136. The SMILES string of the molecule is ClCNc1cc[nH]c1. The summed E-state index contributed by atoms with van der Waals surface area (Å²) in [7, 11) is 0. The molecule has 1 rings (SSSR count). The van der Waals surface area contributed by atoms with E-state index in [1.54, 1.807) is 0 Å². The molecule has 8 heavy (non-hydrogen) atoms. The number of anilines is 1. The van der Waals surface area contributed by atoms with Gasteiger partial charge in [-0.05, 0) is 6.07 Å². The molecule has 1 aromatic heterocycles. The van der Waals surface area contributed by atoms with E-state index in [4.69, 9.17) is 11.6 Å². The molecule has 0 aliphatic rings. The van der Waals surface area contributed by atoms with Crippen LogP contribution in [0.25, 0.3) is 0 Å². The molecule has 0 saturated heterocycles. The first kappa shape index (κ1) is 5.51. The average molecular weight is 131 g/mol. The molecular weight excluding hydrogens is 124 g/mol. The van der Waals surface area contributed by atoms with Gasteiger partial charge in [-0.25, -0.2) is 0 Å². The zero-order valence-corrected chi connectivity index (χ0v) is 5.07. The standard InChI is InChI=1S/C5H7ClN2/c6-4-8-5-1-2-7-3-5/h1-3,7-8H,4H2. The molecule has 0 radical (unpaired) electrons. The van der Waals surface area contributed by atoms with Crippen molar-refractivity contribution in [2.75, 3.05) is 11.3 Å². The average Bonchev–Trinajstić information content (AvgIpc) is 2.19. The number of hydrogen-bond acceptors (Lipinski definition) is 1. The zero-order valence-electron chi connectivity index (χ0n) is 4.32. The van der Waals surface area contributed by atoms with E-state index in [1.807, 2.05) is 18.5 Å². The molecule has 3 heteroatoms. The molecule has 44 valence electrons. The number of alkyl halides is 1. The molecule has 0 saturated carbocycles. The summed E-state index contributed by atoms with van der Waals surface area (Å²) < 4.78 is 0. The van der Waals surface area contributed by atoms with Crippen LogP contribution in [0.2, 0.25) is 0 Å². The van der Waals surface area contributed by atoms with Crippen LogP contribution < -0.4 is 5.32 Å². The van der Waals surface area contributed by atoms with E-state index in [2.05, 4.69) is 10.3 Å². The van der Waals surface area contributed by atoms with Crippen LogP contribution in [0.15, 0.2) is 18.5 Å². The van der Waals surface area contributed by atoms with Crippen LogP contribution in [0.4, 0.5) is 5.69 Å². The Kier molecular flexibility index (Phi) is 1.80. The van der Waals surface area contributed by atoms with Gasteiger partial charge in [-0.15, -0.1) is 11.6 Å². The van der Waals surface area contributed by atoms with Crippen LogP contribution in [-0.2, 0) is 0 Å². The van der Waals surface area contributed by atoms with E-state index in [-0.39, 0.29) is 0 Å². The molecule has 0 aliphatic heterocycles. The van der Waals surface area contributed by atoms with Crippen molar-refractivity contribution in [3.05, 3.63) is 18.5 Å². The van der Waals surface area contributed by atoms with Crippen molar-refractivity contribution in [2.24, 2.45) is 0 Å². The van der Waals surface area contributed by atoms with Crippen LogP contribution in [-0.4, -0.2) is 11.0 Å². The number of aromatic nitrogens is 1. The highest BCUT2D eigenvalue weighted by molar-refractivity contribution is 6.18. The fourth-order valence-corrected chi connectivity index (χ4v) is 0.665. The van der Waals surface area contributed by atoms with Gasteiger partial charge in [-0.3, -0.25) is 0 Å². The van der Waals surface area contributed by atoms with E-state index in [0.29, 0.717) is 6.00 Å². The Morgan fingerprint density at radius 3 is 3.12 bits per heavy atom. The molecule has 1 heterocycles. The van der Waals surface area contributed by atoms with E-state index < -0.39 is 0 Å². The topological polar surface area (TPSA) is 27.8 Å². The third kappa shape index (κ3) is 1.17. The summed E-state index contributed by atoms with van der Waals surface area (Å²) in [5, 5.41) is 2.92. The first-order chi connectivity index (χ1) is 3.93. The van der Waals surface area contributed by atoms with Crippen molar-refractivity contribution in [1.29, 1.82) is 0 Å². The van der Waals surface area contributed by atoms with Crippen LogP contribution in [0.5, 0.6) is 0 Å². The number of aromatic amines is 1. The summed E-state index contributed by atoms with van der Waals surface area (Å²) in [6, 6.07) is 2.38. The highest BCUT2D eigenvalue weighted by Crippen LogP contribution is 2.02. The van der Waals surface area contributed by atoms with Crippen molar-refractivity contribution < 1.29 is 0 Å². The van der Waals surface area contributed by atoms with Gasteiger partial charge in [-0.1, -0.05) is 0 Å². The normalized spacial score (nSPS) is 9.12. The first-order valence-corrected chi connectivity index (χ1v) is 2.89. The lowest BCUT2D eigenvalue weighted by molar-refractivity contribution is 1.40. The minimum absolute atomic E-state index is 0.456. The van der Waals surface area contributed by atoms with Crippen LogP contribution in [0.1, 0.15) is 0 Å². The van der Waals surface area contributed by atoms with E-state index in [0.717, 1.165) is 5.69 Å². The van der Waals surface area contributed by atoms with Gasteiger partial charge >= 0.3 is 0 Å². The third-order valence-corrected chi connectivity index (χ3v) is 1.00. The molecule has 0 spiro atoms. The predicted octanol–water partition coefficient (Wildman–Crippen LogP) is 1.62. The number of nitrogens with one attached hydrogen (secondary N) is 2. The van der Waals surface area contributed by atoms with E-state index in [9.17, 15) is 0 Å². The number of halogens is 1. The second kappa shape index (κ2) is 2.62. The maximum Gasteiger partial charge on any atom is 0.0902 e. The minimum atomic E-state index is 0.456. The van der Waals surface area contributed by atoms with Gasteiger partial charge in [-0.2, -0.15) is 0 Å². The molecule has 0 atom stereocenters. The Morgan fingerprint density at radius 2 is 2.62 bits per heavy atom. The Labute approximate surface area is 52.9 Å². The number of rotatable bonds is 2. The highest BCUT2D eigenvalue weighted by Gasteiger charge is 1.83. The lowest BCUT2D eigenvalue weighted by Crippen LogP contribution is -1.90. The maximum atomic E-state index is 5.37. The zero-order chi connectivity index (χ0) is 5.82. The largest absolute Gasteiger partial charge is 0.370 e. The Morgan fingerprint density at radius 1 is 1.75 bits per heavy atom.